The van der Waals surface area contributed by atoms with Crippen molar-refractivity contribution in [2.24, 2.45) is 0 Å². The van der Waals surface area contributed by atoms with Crippen LogP contribution in [-0.4, -0.2) is 14.8 Å². The van der Waals surface area contributed by atoms with Gasteiger partial charge in [0.15, 0.2) is 0 Å². The van der Waals surface area contributed by atoms with Crippen LogP contribution in [0.25, 0.3) is 0 Å². The van der Waals surface area contributed by atoms with Gasteiger partial charge in [-0.05, 0) is 25.0 Å². The van der Waals surface area contributed by atoms with Gasteiger partial charge in [-0.1, -0.05) is 0 Å². The topological polar surface area (TPSA) is 56.7 Å². The third-order valence-electron chi connectivity index (χ3n) is 3.30. The zero-order chi connectivity index (χ0) is 14.1. The Morgan fingerprint density at radius 2 is 1.95 bits per heavy atom. The molecule has 0 bridgehead atoms. The molecule has 106 valence electrons. The van der Waals surface area contributed by atoms with E-state index in [0.29, 0.717) is 5.75 Å². The number of benzene rings is 1. The highest BCUT2D eigenvalue weighted by Gasteiger charge is 2.17. The van der Waals surface area contributed by atoms with Gasteiger partial charge in [-0.3, -0.25) is 0 Å². The van der Waals surface area contributed by atoms with Crippen LogP contribution >= 0.6 is 11.8 Å². The van der Waals surface area contributed by atoms with Crippen LogP contribution in [0.5, 0.6) is 0 Å². The predicted molar refractivity (Wildman–Crippen MR) is 73.3 cm³/mol. The zero-order valence-corrected chi connectivity index (χ0v) is 11.6. The number of thioether (sulfide) groups is 1. The normalized spacial score (nSPS) is 14.3. The molecule has 7 heteroatoms. The summed E-state index contributed by atoms with van der Waals surface area (Å²) in [6.45, 7) is 0.880. The summed E-state index contributed by atoms with van der Waals surface area (Å²) in [5, 5.41) is 8.23. The maximum atomic E-state index is 13.7. The lowest BCUT2D eigenvalue weighted by Gasteiger charge is -2.14. The minimum Gasteiger partial charge on any atom is -0.399 e. The lowest BCUT2D eigenvalue weighted by atomic mass is 10.2. The van der Waals surface area contributed by atoms with Crippen molar-refractivity contribution in [1.82, 2.24) is 14.8 Å². The molecular formula is C13H14F2N4S. The SMILES string of the molecule is Nc1cc(F)c(SCc2nnc3n2CCCC3)c(F)c1. The smallest absolute Gasteiger partial charge is 0.143 e. The molecule has 1 aliphatic heterocycles. The number of nitrogens with zero attached hydrogens (tertiary/aromatic N) is 3. The number of nitrogen functional groups attached to an aromatic ring is 1. The fourth-order valence-electron chi connectivity index (χ4n) is 2.33. The average Bonchev–Trinajstić information content (AvgIpc) is 2.81. The first-order valence-corrected chi connectivity index (χ1v) is 7.42. The molecule has 3 rings (SSSR count). The number of nitrogens with two attached hydrogens (primary N) is 1. The summed E-state index contributed by atoms with van der Waals surface area (Å²) < 4.78 is 29.4. The van der Waals surface area contributed by atoms with Crippen LogP contribution in [0.15, 0.2) is 17.0 Å². The number of aryl methyl sites for hydroxylation is 1. The summed E-state index contributed by atoms with van der Waals surface area (Å²) >= 11 is 1.08. The Balaban J connectivity index is 1.79. The van der Waals surface area contributed by atoms with E-state index in [0.717, 1.165) is 61.4 Å². The van der Waals surface area contributed by atoms with E-state index in [2.05, 4.69) is 10.2 Å². The molecular weight excluding hydrogens is 282 g/mol. The van der Waals surface area contributed by atoms with E-state index in [1.54, 1.807) is 0 Å². The summed E-state index contributed by atoms with van der Waals surface area (Å²) in [6.07, 6.45) is 3.13. The van der Waals surface area contributed by atoms with Gasteiger partial charge >= 0.3 is 0 Å². The van der Waals surface area contributed by atoms with E-state index in [1.165, 1.54) is 0 Å². The van der Waals surface area contributed by atoms with E-state index < -0.39 is 11.6 Å². The highest BCUT2D eigenvalue weighted by atomic mass is 32.2. The molecule has 1 aliphatic rings. The van der Waals surface area contributed by atoms with Crippen LogP contribution < -0.4 is 5.73 Å². The Kier molecular flexibility index (Phi) is 3.60. The van der Waals surface area contributed by atoms with E-state index in [9.17, 15) is 8.78 Å². The summed E-state index contributed by atoms with van der Waals surface area (Å²) in [5.41, 5.74) is 5.48. The van der Waals surface area contributed by atoms with Crippen molar-refractivity contribution in [3.63, 3.8) is 0 Å². The number of hydrogen-bond acceptors (Lipinski definition) is 4. The highest BCUT2D eigenvalue weighted by molar-refractivity contribution is 7.98. The fourth-order valence-corrected chi connectivity index (χ4v) is 3.21. The maximum absolute atomic E-state index is 13.7. The molecule has 2 N–H and O–H groups in total. The molecule has 0 amide bonds. The molecule has 0 unspecified atom stereocenters. The molecule has 2 heterocycles. The summed E-state index contributed by atoms with van der Waals surface area (Å²) in [5.74, 6) is 0.854. The lowest BCUT2D eigenvalue weighted by molar-refractivity contribution is 0.513. The molecule has 1 aromatic heterocycles. The van der Waals surface area contributed by atoms with Gasteiger partial charge in [0.25, 0.3) is 0 Å². The molecule has 0 aliphatic carbocycles. The van der Waals surface area contributed by atoms with E-state index in [1.807, 2.05) is 4.57 Å². The third-order valence-corrected chi connectivity index (χ3v) is 4.38. The quantitative estimate of drug-likeness (QED) is 0.699. The molecule has 0 saturated heterocycles. The molecule has 4 nitrogen and oxygen atoms in total. The van der Waals surface area contributed by atoms with Crippen molar-refractivity contribution in [2.75, 3.05) is 5.73 Å². The number of aromatic nitrogens is 3. The molecule has 1 aromatic carbocycles. The van der Waals surface area contributed by atoms with Crippen molar-refractivity contribution in [1.29, 1.82) is 0 Å². The molecule has 0 fully saturated rings. The van der Waals surface area contributed by atoms with E-state index in [-0.39, 0.29) is 10.6 Å². The molecule has 20 heavy (non-hydrogen) atoms. The Bertz CT molecular complexity index is 618. The fraction of sp³-hybridized carbons (Fsp3) is 0.385. The minimum absolute atomic E-state index is 0.0210. The van der Waals surface area contributed by atoms with Gasteiger partial charge in [-0.25, -0.2) is 8.78 Å². The molecule has 2 aromatic rings. The standard InChI is InChI=1S/C13H14F2N4S/c14-9-5-8(16)6-10(15)13(9)20-7-12-18-17-11-3-1-2-4-19(11)12/h5-6H,1-4,7,16H2. The molecule has 0 radical (unpaired) electrons. The second-order valence-corrected chi connectivity index (χ2v) is 5.73. The van der Waals surface area contributed by atoms with Crippen LogP contribution in [0.2, 0.25) is 0 Å². The number of anilines is 1. The predicted octanol–water partition coefficient (Wildman–Crippen LogP) is 2.77. The first-order chi connectivity index (χ1) is 9.65. The average molecular weight is 296 g/mol. The molecule has 0 saturated carbocycles. The van der Waals surface area contributed by atoms with E-state index >= 15 is 0 Å². The Morgan fingerprint density at radius 1 is 1.20 bits per heavy atom. The Labute approximate surface area is 119 Å². The van der Waals surface area contributed by atoms with Gasteiger partial charge in [0.1, 0.15) is 23.3 Å². The van der Waals surface area contributed by atoms with Crippen molar-refractivity contribution in [2.45, 2.75) is 36.5 Å². The van der Waals surface area contributed by atoms with Crippen LogP contribution in [0.1, 0.15) is 24.5 Å². The van der Waals surface area contributed by atoms with Gasteiger partial charge in [0.05, 0.1) is 10.6 Å². The van der Waals surface area contributed by atoms with Gasteiger partial charge in [-0.2, -0.15) is 0 Å². The summed E-state index contributed by atoms with van der Waals surface area (Å²) in [7, 11) is 0. The number of hydrogen-bond donors (Lipinski definition) is 1. The third kappa shape index (κ3) is 2.49. The van der Waals surface area contributed by atoms with Gasteiger partial charge in [0, 0.05) is 18.7 Å². The Morgan fingerprint density at radius 3 is 2.70 bits per heavy atom. The molecule has 0 spiro atoms. The lowest BCUT2D eigenvalue weighted by Crippen LogP contribution is -2.12. The van der Waals surface area contributed by atoms with Crippen molar-refractivity contribution < 1.29 is 8.78 Å². The van der Waals surface area contributed by atoms with Crippen LogP contribution in [-0.2, 0) is 18.7 Å². The maximum Gasteiger partial charge on any atom is 0.143 e. The van der Waals surface area contributed by atoms with Crippen molar-refractivity contribution in [3.05, 3.63) is 35.4 Å². The number of fused-ring (bicyclic) bond motifs is 1. The summed E-state index contributed by atoms with van der Waals surface area (Å²) in [6, 6.07) is 2.26. The van der Waals surface area contributed by atoms with Crippen molar-refractivity contribution in [3.8, 4) is 0 Å². The second-order valence-electron chi connectivity index (χ2n) is 4.74. The minimum atomic E-state index is -0.633. The van der Waals surface area contributed by atoms with Crippen LogP contribution in [0.4, 0.5) is 14.5 Å². The first-order valence-electron chi connectivity index (χ1n) is 6.43. The monoisotopic (exact) mass is 296 g/mol. The van der Waals surface area contributed by atoms with Gasteiger partial charge < -0.3 is 10.3 Å². The van der Waals surface area contributed by atoms with E-state index in [4.69, 9.17) is 5.73 Å². The molecule has 0 atom stereocenters. The van der Waals surface area contributed by atoms with Gasteiger partial charge in [-0.15, -0.1) is 22.0 Å². The van der Waals surface area contributed by atoms with Crippen LogP contribution in [0.3, 0.4) is 0 Å². The highest BCUT2D eigenvalue weighted by Crippen LogP contribution is 2.30. The first kappa shape index (κ1) is 13.4. The van der Waals surface area contributed by atoms with Crippen LogP contribution in [0, 0.1) is 11.6 Å². The number of halogens is 2. The zero-order valence-electron chi connectivity index (χ0n) is 10.8. The Hall–Kier alpha value is -1.63. The largest absolute Gasteiger partial charge is 0.399 e. The number of rotatable bonds is 3. The summed E-state index contributed by atoms with van der Waals surface area (Å²) in [4.78, 5) is -0.0210. The van der Waals surface area contributed by atoms with Crippen molar-refractivity contribution >= 4 is 17.4 Å². The second kappa shape index (κ2) is 5.40. The van der Waals surface area contributed by atoms with Gasteiger partial charge in [0.2, 0.25) is 0 Å².